The molecule has 1 rings (SSSR count). The van der Waals surface area contributed by atoms with Crippen molar-refractivity contribution >= 4 is 0 Å². The van der Waals surface area contributed by atoms with E-state index in [9.17, 15) is 0 Å². The lowest BCUT2D eigenvalue weighted by Crippen LogP contribution is -2.33. The minimum absolute atomic E-state index is 0.595. The van der Waals surface area contributed by atoms with Crippen LogP contribution in [-0.2, 0) is 6.42 Å². The number of aromatic nitrogens is 2. The zero-order valence-electron chi connectivity index (χ0n) is 12.4. The molecule has 0 saturated heterocycles. The van der Waals surface area contributed by atoms with Crippen LogP contribution in [-0.4, -0.2) is 22.7 Å². The zero-order chi connectivity index (χ0) is 13.5. The molecule has 0 fully saturated rings. The van der Waals surface area contributed by atoms with Gasteiger partial charge in [-0.25, -0.2) is 0 Å². The van der Waals surface area contributed by atoms with Crippen molar-refractivity contribution < 1.29 is 4.52 Å². The van der Waals surface area contributed by atoms with Crippen molar-refractivity contribution in [1.82, 2.24) is 15.5 Å². The van der Waals surface area contributed by atoms with Gasteiger partial charge >= 0.3 is 0 Å². The molecule has 104 valence electrons. The zero-order valence-corrected chi connectivity index (χ0v) is 12.4. The monoisotopic (exact) mass is 253 g/mol. The van der Waals surface area contributed by atoms with Gasteiger partial charge in [0.2, 0.25) is 5.89 Å². The third-order valence-corrected chi connectivity index (χ3v) is 2.86. The number of rotatable bonds is 8. The molecule has 0 radical (unpaired) electrons. The molecule has 1 aromatic heterocycles. The fraction of sp³-hybridized carbons (Fsp3) is 0.857. The van der Waals surface area contributed by atoms with Crippen LogP contribution in [0, 0.1) is 18.8 Å². The van der Waals surface area contributed by atoms with Crippen molar-refractivity contribution in [2.75, 3.05) is 6.54 Å². The van der Waals surface area contributed by atoms with Gasteiger partial charge in [-0.3, -0.25) is 0 Å². The van der Waals surface area contributed by atoms with Crippen molar-refractivity contribution in [3.05, 3.63) is 11.7 Å². The highest BCUT2D eigenvalue weighted by Crippen LogP contribution is 2.13. The third-order valence-electron chi connectivity index (χ3n) is 2.86. The van der Waals surface area contributed by atoms with Gasteiger partial charge in [0, 0.05) is 25.9 Å². The highest BCUT2D eigenvalue weighted by atomic mass is 16.5. The Hall–Kier alpha value is -0.900. The van der Waals surface area contributed by atoms with Gasteiger partial charge in [-0.1, -0.05) is 32.9 Å². The van der Waals surface area contributed by atoms with Gasteiger partial charge in [0.15, 0.2) is 5.82 Å². The summed E-state index contributed by atoms with van der Waals surface area (Å²) in [4.78, 5) is 4.21. The van der Waals surface area contributed by atoms with Crippen LogP contribution in [0.1, 0.15) is 52.3 Å². The molecule has 18 heavy (non-hydrogen) atoms. The topological polar surface area (TPSA) is 51.0 Å². The normalized spacial score (nSPS) is 12.0. The van der Waals surface area contributed by atoms with E-state index in [1.807, 2.05) is 6.92 Å². The summed E-state index contributed by atoms with van der Waals surface area (Å²) in [6.45, 7) is 11.8. The van der Waals surface area contributed by atoms with Gasteiger partial charge in [0.05, 0.1) is 0 Å². The molecular weight excluding hydrogens is 226 g/mol. The first-order valence-electron chi connectivity index (χ1n) is 7.00. The molecule has 0 aliphatic carbocycles. The molecule has 4 heteroatoms. The van der Waals surface area contributed by atoms with E-state index in [0.717, 1.165) is 30.6 Å². The van der Waals surface area contributed by atoms with Crippen LogP contribution in [0.15, 0.2) is 4.52 Å². The van der Waals surface area contributed by atoms with Crippen LogP contribution in [0.3, 0.4) is 0 Å². The van der Waals surface area contributed by atoms with Gasteiger partial charge < -0.3 is 9.84 Å². The van der Waals surface area contributed by atoms with E-state index in [1.165, 1.54) is 12.8 Å². The van der Waals surface area contributed by atoms with Gasteiger partial charge in [-0.15, -0.1) is 0 Å². The summed E-state index contributed by atoms with van der Waals surface area (Å²) in [7, 11) is 0. The molecule has 0 bridgehead atoms. The van der Waals surface area contributed by atoms with E-state index in [0.29, 0.717) is 11.9 Å². The predicted molar refractivity (Wildman–Crippen MR) is 73.4 cm³/mol. The van der Waals surface area contributed by atoms with E-state index in [1.54, 1.807) is 0 Å². The van der Waals surface area contributed by atoms with Crippen LogP contribution < -0.4 is 5.32 Å². The summed E-state index contributed by atoms with van der Waals surface area (Å²) in [5.74, 6) is 2.90. The second-order valence-electron chi connectivity index (χ2n) is 5.89. The fourth-order valence-electron chi connectivity index (χ4n) is 2.23. The van der Waals surface area contributed by atoms with Crippen LogP contribution in [0.2, 0.25) is 0 Å². The molecule has 0 saturated carbocycles. The summed E-state index contributed by atoms with van der Waals surface area (Å²) in [6, 6.07) is 0.595. The molecule has 0 unspecified atom stereocenters. The Balaban J connectivity index is 2.32. The summed E-state index contributed by atoms with van der Waals surface area (Å²) in [6.07, 6.45) is 3.29. The molecule has 0 atom stereocenters. The lowest BCUT2D eigenvalue weighted by Gasteiger charge is -2.22. The molecule has 0 amide bonds. The summed E-state index contributed by atoms with van der Waals surface area (Å²) in [5, 5.41) is 7.53. The molecule has 1 N–H and O–H groups in total. The summed E-state index contributed by atoms with van der Waals surface area (Å²) < 4.78 is 4.96. The lowest BCUT2D eigenvalue weighted by atomic mass is 9.95. The maximum absolute atomic E-state index is 4.96. The van der Waals surface area contributed by atoms with Gasteiger partial charge in [0.25, 0.3) is 0 Å². The first-order valence-corrected chi connectivity index (χ1v) is 7.00. The highest BCUT2D eigenvalue weighted by Gasteiger charge is 2.12. The third kappa shape index (κ3) is 6.15. The maximum Gasteiger partial charge on any atom is 0.223 e. The van der Waals surface area contributed by atoms with Crippen LogP contribution in [0.4, 0.5) is 0 Å². The Morgan fingerprint density at radius 3 is 2.17 bits per heavy atom. The van der Waals surface area contributed by atoms with Gasteiger partial charge in [-0.2, -0.15) is 4.98 Å². The van der Waals surface area contributed by atoms with Crippen molar-refractivity contribution in [3.8, 4) is 0 Å². The van der Waals surface area contributed by atoms with E-state index >= 15 is 0 Å². The first-order chi connectivity index (χ1) is 8.47. The number of aryl methyl sites for hydroxylation is 1. The smallest absolute Gasteiger partial charge is 0.223 e. The molecule has 1 aromatic rings. The van der Waals surface area contributed by atoms with E-state index < -0.39 is 0 Å². The predicted octanol–water partition coefficient (Wildman–Crippen LogP) is 2.97. The van der Waals surface area contributed by atoms with E-state index in [4.69, 9.17) is 4.52 Å². The SMILES string of the molecule is Cc1nc(CCNC(CC(C)C)CC(C)C)no1. The molecule has 0 spiro atoms. The highest BCUT2D eigenvalue weighted by molar-refractivity contribution is 4.85. The molecule has 1 heterocycles. The fourth-order valence-corrected chi connectivity index (χ4v) is 2.23. The molecule has 0 aliphatic rings. The quantitative estimate of drug-likeness (QED) is 0.774. The van der Waals surface area contributed by atoms with Crippen LogP contribution in [0.25, 0.3) is 0 Å². The molecule has 0 aromatic carbocycles. The summed E-state index contributed by atoms with van der Waals surface area (Å²) in [5.41, 5.74) is 0. The van der Waals surface area contributed by atoms with Crippen molar-refractivity contribution in [2.45, 2.75) is 59.9 Å². The Kier molecular flexibility index (Phi) is 6.33. The number of nitrogens with zero attached hydrogens (tertiary/aromatic N) is 2. The van der Waals surface area contributed by atoms with Gasteiger partial charge in [-0.05, 0) is 24.7 Å². The Labute approximate surface area is 111 Å². The van der Waals surface area contributed by atoms with Crippen molar-refractivity contribution in [2.24, 2.45) is 11.8 Å². The minimum atomic E-state index is 0.595. The second kappa shape index (κ2) is 7.52. The lowest BCUT2D eigenvalue weighted by molar-refractivity contribution is 0.357. The first kappa shape index (κ1) is 15.2. The van der Waals surface area contributed by atoms with Crippen LogP contribution >= 0.6 is 0 Å². The average Bonchev–Trinajstić information content (AvgIpc) is 2.62. The Morgan fingerprint density at radius 1 is 1.11 bits per heavy atom. The largest absolute Gasteiger partial charge is 0.340 e. The van der Waals surface area contributed by atoms with E-state index in [-0.39, 0.29) is 0 Å². The van der Waals surface area contributed by atoms with Gasteiger partial charge in [0.1, 0.15) is 0 Å². The number of nitrogens with one attached hydrogen (secondary N) is 1. The number of hydrogen-bond acceptors (Lipinski definition) is 4. The molecular formula is C14H27N3O. The molecule has 0 aliphatic heterocycles. The average molecular weight is 253 g/mol. The Bertz CT molecular complexity index is 324. The summed E-state index contributed by atoms with van der Waals surface area (Å²) >= 11 is 0. The maximum atomic E-state index is 4.96. The van der Waals surface area contributed by atoms with Crippen molar-refractivity contribution in [1.29, 1.82) is 0 Å². The van der Waals surface area contributed by atoms with Crippen molar-refractivity contribution in [3.63, 3.8) is 0 Å². The second-order valence-corrected chi connectivity index (χ2v) is 5.89. The van der Waals surface area contributed by atoms with Crippen LogP contribution in [0.5, 0.6) is 0 Å². The number of hydrogen-bond donors (Lipinski definition) is 1. The van der Waals surface area contributed by atoms with E-state index in [2.05, 4.69) is 43.2 Å². The standard InChI is InChI=1S/C14H27N3O/c1-10(2)8-13(9-11(3)4)15-7-6-14-16-12(5)18-17-14/h10-11,13,15H,6-9H2,1-5H3. The molecule has 4 nitrogen and oxygen atoms in total. The Morgan fingerprint density at radius 2 is 1.72 bits per heavy atom. The minimum Gasteiger partial charge on any atom is -0.340 e.